The SMILES string of the molecule is O=C(/C=C/CCC/C=C/C(=O)c1ccccc1)c1ccccc1. The van der Waals surface area contributed by atoms with Gasteiger partial charge in [-0.25, -0.2) is 0 Å². The molecule has 0 heterocycles. The van der Waals surface area contributed by atoms with Gasteiger partial charge in [0, 0.05) is 11.1 Å². The van der Waals surface area contributed by atoms with Gasteiger partial charge in [-0.1, -0.05) is 72.8 Å². The number of unbranched alkanes of at least 4 members (excludes halogenated alkanes) is 2. The predicted octanol–water partition coefficient (Wildman–Crippen LogP) is 5.03. The van der Waals surface area contributed by atoms with Crippen molar-refractivity contribution in [2.45, 2.75) is 19.3 Å². The van der Waals surface area contributed by atoms with Crippen LogP contribution in [0.1, 0.15) is 40.0 Å². The standard InChI is InChI=1S/C21H20O2/c22-20(18-12-6-4-7-13-18)16-10-2-1-3-11-17-21(23)19-14-8-5-9-15-19/h4-17H,1-3H2/b16-10+,17-11+. The smallest absolute Gasteiger partial charge is 0.185 e. The third kappa shape index (κ3) is 5.87. The van der Waals surface area contributed by atoms with Crippen LogP contribution in [-0.2, 0) is 0 Å². The predicted molar refractivity (Wildman–Crippen MR) is 93.7 cm³/mol. The van der Waals surface area contributed by atoms with E-state index in [9.17, 15) is 9.59 Å². The highest BCUT2D eigenvalue weighted by Crippen LogP contribution is 2.05. The first-order chi connectivity index (χ1) is 11.3. The number of hydrogen-bond acceptors (Lipinski definition) is 2. The van der Waals surface area contributed by atoms with E-state index in [1.165, 1.54) is 0 Å². The molecular formula is C21H20O2. The fourth-order valence-electron chi connectivity index (χ4n) is 2.13. The Labute approximate surface area is 137 Å². The lowest BCUT2D eigenvalue weighted by Crippen LogP contribution is -1.93. The highest BCUT2D eigenvalue weighted by atomic mass is 16.1. The van der Waals surface area contributed by atoms with Gasteiger partial charge in [0.25, 0.3) is 0 Å². The van der Waals surface area contributed by atoms with Crippen molar-refractivity contribution in [2.75, 3.05) is 0 Å². The molecule has 0 N–H and O–H groups in total. The minimum absolute atomic E-state index is 0.0281. The Bertz CT molecular complexity index is 621. The van der Waals surface area contributed by atoms with Gasteiger partial charge in [0.05, 0.1) is 0 Å². The summed E-state index contributed by atoms with van der Waals surface area (Å²) in [5.41, 5.74) is 1.41. The molecular weight excluding hydrogens is 284 g/mol. The summed E-state index contributed by atoms with van der Waals surface area (Å²) in [6.45, 7) is 0. The first-order valence-electron chi connectivity index (χ1n) is 7.79. The Kier molecular flexibility index (Phi) is 6.73. The van der Waals surface area contributed by atoms with Crippen molar-refractivity contribution < 1.29 is 9.59 Å². The van der Waals surface area contributed by atoms with Gasteiger partial charge in [-0.15, -0.1) is 0 Å². The Morgan fingerprint density at radius 1 is 0.652 bits per heavy atom. The average Bonchev–Trinajstić information content (AvgIpc) is 2.62. The molecule has 0 saturated carbocycles. The molecule has 116 valence electrons. The summed E-state index contributed by atoms with van der Waals surface area (Å²) in [7, 11) is 0. The lowest BCUT2D eigenvalue weighted by molar-refractivity contribution is 0.103. The Hall–Kier alpha value is -2.74. The van der Waals surface area contributed by atoms with Gasteiger partial charge in [-0.3, -0.25) is 9.59 Å². The van der Waals surface area contributed by atoms with Crippen LogP contribution in [0.4, 0.5) is 0 Å². The number of carbonyl (C=O) groups excluding carboxylic acids is 2. The van der Waals surface area contributed by atoms with E-state index < -0.39 is 0 Å². The second kappa shape index (κ2) is 9.31. The fourth-order valence-corrected chi connectivity index (χ4v) is 2.13. The van der Waals surface area contributed by atoms with Crippen LogP contribution in [0.2, 0.25) is 0 Å². The van der Waals surface area contributed by atoms with E-state index in [0.717, 1.165) is 19.3 Å². The lowest BCUT2D eigenvalue weighted by Gasteiger charge is -1.95. The van der Waals surface area contributed by atoms with E-state index in [4.69, 9.17) is 0 Å². The molecule has 23 heavy (non-hydrogen) atoms. The average molecular weight is 304 g/mol. The number of allylic oxidation sites excluding steroid dienone is 4. The molecule has 0 aliphatic rings. The van der Waals surface area contributed by atoms with E-state index in [0.29, 0.717) is 11.1 Å². The topological polar surface area (TPSA) is 34.1 Å². The summed E-state index contributed by atoms with van der Waals surface area (Å²) in [4.78, 5) is 23.7. The largest absolute Gasteiger partial charge is 0.289 e. The van der Waals surface area contributed by atoms with Gasteiger partial charge in [-0.2, -0.15) is 0 Å². The maximum Gasteiger partial charge on any atom is 0.185 e. The van der Waals surface area contributed by atoms with E-state index in [1.54, 1.807) is 12.2 Å². The van der Waals surface area contributed by atoms with Crippen LogP contribution in [0.15, 0.2) is 85.0 Å². The second-order valence-electron chi connectivity index (χ2n) is 5.20. The molecule has 2 aromatic carbocycles. The van der Waals surface area contributed by atoms with Crippen LogP contribution in [0.3, 0.4) is 0 Å². The molecule has 0 bridgehead atoms. The third-order valence-electron chi connectivity index (χ3n) is 3.40. The number of ketones is 2. The summed E-state index contributed by atoms with van der Waals surface area (Å²) in [5, 5.41) is 0. The van der Waals surface area contributed by atoms with Crippen molar-refractivity contribution in [1.82, 2.24) is 0 Å². The zero-order valence-corrected chi connectivity index (χ0v) is 13.0. The molecule has 2 aromatic rings. The summed E-state index contributed by atoms with van der Waals surface area (Å²) in [5.74, 6) is 0.0563. The van der Waals surface area contributed by atoms with Crippen LogP contribution in [0.25, 0.3) is 0 Å². The first-order valence-corrected chi connectivity index (χ1v) is 7.79. The minimum atomic E-state index is 0.0281. The number of carbonyl (C=O) groups is 2. The molecule has 0 aliphatic carbocycles. The molecule has 0 spiro atoms. The van der Waals surface area contributed by atoms with E-state index in [1.807, 2.05) is 72.8 Å². The van der Waals surface area contributed by atoms with Crippen molar-refractivity contribution in [1.29, 1.82) is 0 Å². The Morgan fingerprint density at radius 2 is 1.04 bits per heavy atom. The molecule has 0 atom stereocenters. The van der Waals surface area contributed by atoms with Gasteiger partial charge in [0.15, 0.2) is 11.6 Å². The van der Waals surface area contributed by atoms with Gasteiger partial charge >= 0.3 is 0 Å². The van der Waals surface area contributed by atoms with Crippen LogP contribution < -0.4 is 0 Å². The van der Waals surface area contributed by atoms with Gasteiger partial charge < -0.3 is 0 Å². The minimum Gasteiger partial charge on any atom is -0.289 e. The van der Waals surface area contributed by atoms with Crippen molar-refractivity contribution in [2.24, 2.45) is 0 Å². The number of benzene rings is 2. The molecule has 0 amide bonds. The Balaban J connectivity index is 1.68. The molecule has 0 radical (unpaired) electrons. The van der Waals surface area contributed by atoms with Crippen LogP contribution in [-0.4, -0.2) is 11.6 Å². The van der Waals surface area contributed by atoms with Gasteiger partial charge in [0.1, 0.15) is 0 Å². The number of hydrogen-bond donors (Lipinski definition) is 0. The molecule has 2 nitrogen and oxygen atoms in total. The molecule has 2 heteroatoms. The van der Waals surface area contributed by atoms with Gasteiger partial charge in [0.2, 0.25) is 0 Å². The first kappa shape index (κ1) is 16.6. The Morgan fingerprint density at radius 3 is 1.43 bits per heavy atom. The molecule has 0 saturated heterocycles. The molecule has 0 unspecified atom stereocenters. The van der Waals surface area contributed by atoms with Crippen molar-refractivity contribution in [3.05, 3.63) is 96.1 Å². The van der Waals surface area contributed by atoms with Gasteiger partial charge in [-0.05, 0) is 31.4 Å². The maximum atomic E-state index is 11.8. The molecule has 0 aromatic heterocycles. The van der Waals surface area contributed by atoms with Crippen LogP contribution >= 0.6 is 0 Å². The zero-order valence-electron chi connectivity index (χ0n) is 13.0. The van der Waals surface area contributed by atoms with Crippen molar-refractivity contribution in [3.8, 4) is 0 Å². The second-order valence-corrected chi connectivity index (χ2v) is 5.20. The molecule has 2 rings (SSSR count). The zero-order chi connectivity index (χ0) is 16.3. The van der Waals surface area contributed by atoms with E-state index >= 15 is 0 Å². The summed E-state index contributed by atoms with van der Waals surface area (Å²) in [6, 6.07) is 18.5. The maximum absolute atomic E-state index is 11.8. The van der Waals surface area contributed by atoms with Crippen LogP contribution in [0.5, 0.6) is 0 Å². The normalized spacial score (nSPS) is 11.1. The summed E-state index contributed by atoms with van der Waals surface area (Å²) < 4.78 is 0. The highest BCUT2D eigenvalue weighted by Gasteiger charge is 1.99. The quantitative estimate of drug-likeness (QED) is 0.389. The van der Waals surface area contributed by atoms with Crippen molar-refractivity contribution >= 4 is 11.6 Å². The van der Waals surface area contributed by atoms with E-state index in [2.05, 4.69) is 0 Å². The van der Waals surface area contributed by atoms with E-state index in [-0.39, 0.29) is 11.6 Å². The van der Waals surface area contributed by atoms with Crippen molar-refractivity contribution in [3.63, 3.8) is 0 Å². The van der Waals surface area contributed by atoms with Crippen LogP contribution in [0, 0.1) is 0 Å². The highest BCUT2D eigenvalue weighted by molar-refractivity contribution is 6.04. The molecule has 0 fully saturated rings. The molecule has 0 aliphatic heterocycles. The number of rotatable bonds is 8. The monoisotopic (exact) mass is 304 g/mol. The lowest BCUT2D eigenvalue weighted by atomic mass is 10.1. The fraction of sp³-hybridized carbons (Fsp3) is 0.143. The summed E-state index contributed by atoms with van der Waals surface area (Å²) in [6.07, 6.45) is 9.58. The summed E-state index contributed by atoms with van der Waals surface area (Å²) >= 11 is 0. The third-order valence-corrected chi connectivity index (χ3v) is 3.40.